The summed E-state index contributed by atoms with van der Waals surface area (Å²) in [4.78, 5) is 40.1. The Morgan fingerprint density at radius 3 is 2.00 bits per heavy atom. The Morgan fingerprint density at radius 2 is 1.50 bits per heavy atom. The minimum Gasteiger partial charge on any atom is -0.480 e. The van der Waals surface area contributed by atoms with Crippen LogP contribution < -0.4 is 5.32 Å². The topological polar surface area (TPSA) is 110 Å². The Hall–Kier alpha value is -4.56. The normalized spacial score (nSPS) is 21.9. The van der Waals surface area contributed by atoms with E-state index in [4.69, 9.17) is 0 Å². The van der Waals surface area contributed by atoms with Gasteiger partial charge in [-0.3, -0.25) is 9.69 Å². The number of nitrogens with zero attached hydrogens (tertiary/aromatic N) is 2. The van der Waals surface area contributed by atoms with Crippen LogP contribution in [0.1, 0.15) is 54.5 Å². The highest BCUT2D eigenvalue weighted by Crippen LogP contribution is 2.43. The predicted molar refractivity (Wildman–Crippen MR) is 150 cm³/mol. The quantitative estimate of drug-likeness (QED) is 0.311. The van der Waals surface area contributed by atoms with Gasteiger partial charge < -0.3 is 20.4 Å². The van der Waals surface area contributed by atoms with Crippen molar-refractivity contribution in [3.05, 3.63) is 94.1 Å². The summed E-state index contributed by atoms with van der Waals surface area (Å²) in [7, 11) is 1.26. The van der Waals surface area contributed by atoms with Gasteiger partial charge in [-0.1, -0.05) is 6.07 Å². The molecule has 4 rings (SSSR count). The van der Waals surface area contributed by atoms with Crippen molar-refractivity contribution >= 4 is 18.0 Å². The number of nitrogens with one attached hydrogen (secondary N) is 1. The summed E-state index contributed by atoms with van der Waals surface area (Å²) < 4.78 is 96.4. The van der Waals surface area contributed by atoms with E-state index >= 15 is 0 Å². The molecule has 15 heteroatoms. The van der Waals surface area contributed by atoms with E-state index < -0.39 is 75.9 Å². The highest BCUT2D eigenvalue weighted by atomic mass is 19.4. The number of aliphatic carboxylic acids is 1. The van der Waals surface area contributed by atoms with Gasteiger partial charge >= 0.3 is 24.4 Å². The van der Waals surface area contributed by atoms with Crippen LogP contribution in [0.3, 0.4) is 0 Å². The number of carbonyl (C=O) groups is 3. The average molecular weight is 658 g/mol. The summed E-state index contributed by atoms with van der Waals surface area (Å²) >= 11 is 0. The molecular weight excluding hydrogens is 627 g/mol. The molecule has 0 aromatic heterocycles. The van der Waals surface area contributed by atoms with Gasteiger partial charge in [0.1, 0.15) is 17.4 Å². The molecule has 3 atom stereocenters. The maximum absolute atomic E-state index is 14.3. The van der Waals surface area contributed by atoms with E-state index in [1.54, 1.807) is 0 Å². The van der Waals surface area contributed by atoms with Gasteiger partial charge in [-0.05, 0) is 99.0 Å². The van der Waals surface area contributed by atoms with Crippen LogP contribution in [0.25, 0.3) is 0 Å². The zero-order valence-electron chi connectivity index (χ0n) is 24.9. The number of benzene rings is 2. The number of carboxylic acid groups (broad SMARTS) is 2. The Bertz CT molecular complexity index is 1600. The van der Waals surface area contributed by atoms with E-state index in [9.17, 15) is 55.3 Å². The van der Waals surface area contributed by atoms with E-state index in [2.05, 4.69) is 5.32 Å². The first-order valence-corrected chi connectivity index (χ1v) is 13.9. The number of rotatable bonds is 6. The first kappa shape index (κ1) is 34.3. The lowest BCUT2D eigenvalue weighted by Crippen LogP contribution is -2.54. The molecule has 1 fully saturated rings. The molecule has 0 radical (unpaired) electrons. The number of carboxylic acids is 1. The van der Waals surface area contributed by atoms with Gasteiger partial charge in [0.2, 0.25) is 5.91 Å². The summed E-state index contributed by atoms with van der Waals surface area (Å²) in [5.74, 6) is -2.93. The monoisotopic (exact) mass is 657 g/mol. The second-order valence-corrected chi connectivity index (χ2v) is 11.8. The van der Waals surface area contributed by atoms with Gasteiger partial charge in [0.25, 0.3) is 0 Å². The Kier molecular flexibility index (Phi) is 8.70. The number of hydrogen-bond acceptors (Lipinski definition) is 4. The minimum atomic E-state index is -5.16. The Morgan fingerprint density at radius 1 is 0.935 bits per heavy atom. The number of dihydropyridines is 1. The lowest BCUT2D eigenvalue weighted by molar-refractivity contribution is -0.144. The van der Waals surface area contributed by atoms with Crippen molar-refractivity contribution in [2.24, 2.45) is 0 Å². The third-order valence-electron chi connectivity index (χ3n) is 8.54. The zero-order valence-corrected chi connectivity index (χ0v) is 24.9. The second kappa shape index (κ2) is 11.7. The molecule has 0 aliphatic carbocycles. The molecular formula is C31H30F7N3O5. The first-order chi connectivity index (χ1) is 21.1. The molecule has 1 saturated heterocycles. The van der Waals surface area contributed by atoms with Crippen molar-refractivity contribution < 1.29 is 55.3 Å². The highest BCUT2D eigenvalue weighted by molar-refractivity contribution is 5.89. The molecule has 2 aromatic rings. The van der Waals surface area contributed by atoms with Crippen molar-refractivity contribution in [1.82, 2.24) is 15.1 Å². The molecule has 46 heavy (non-hydrogen) atoms. The van der Waals surface area contributed by atoms with Crippen molar-refractivity contribution in [2.75, 3.05) is 7.05 Å². The van der Waals surface area contributed by atoms with Crippen LogP contribution in [0.4, 0.5) is 35.5 Å². The fourth-order valence-corrected chi connectivity index (χ4v) is 6.07. The molecule has 2 aliphatic rings. The van der Waals surface area contributed by atoms with Crippen molar-refractivity contribution in [2.45, 2.75) is 69.0 Å². The van der Waals surface area contributed by atoms with Crippen molar-refractivity contribution in [3.8, 4) is 0 Å². The van der Waals surface area contributed by atoms with Crippen LogP contribution in [0, 0.1) is 12.7 Å². The Labute approximate surface area is 258 Å². The maximum Gasteiger partial charge on any atom is 0.416 e. The SMILES string of the molecule is Cc1cc(F)ccc1C1(N(C)C(=O)C(C)(C)c2cc(C(F)(F)F)cc(C(F)(F)F)c2)C=CNC([C@H]2CC[C@@H](C(=O)O)N2C(=O)O)=C1. The fourth-order valence-electron chi connectivity index (χ4n) is 6.07. The van der Waals surface area contributed by atoms with E-state index in [-0.39, 0.29) is 30.2 Å². The number of amides is 2. The standard InChI is InChI=1S/C31H30F7N3O5/c1-16-11-20(32)5-6-21(16)29(9-10-39-22(15-29)23-7-8-24(25(42)43)41(23)27(45)46)40(4)26(44)28(2,3)17-12-18(30(33,34)35)14-19(13-17)31(36,37)38/h5-6,9-15,23-24,39H,7-8H2,1-4H3,(H,42,43)(H,45,46)/t23-,24+,29?/m1/s1. The van der Waals surface area contributed by atoms with Crippen LogP contribution in [0.5, 0.6) is 0 Å². The summed E-state index contributed by atoms with van der Waals surface area (Å²) in [6.45, 7) is 3.86. The van der Waals surface area contributed by atoms with Crippen molar-refractivity contribution in [1.29, 1.82) is 0 Å². The van der Waals surface area contributed by atoms with Crippen LogP contribution in [-0.4, -0.2) is 57.1 Å². The summed E-state index contributed by atoms with van der Waals surface area (Å²) in [5.41, 5.74) is -6.71. The number of carbonyl (C=O) groups excluding carboxylic acids is 1. The predicted octanol–water partition coefficient (Wildman–Crippen LogP) is 6.40. The summed E-state index contributed by atoms with van der Waals surface area (Å²) in [6, 6.07) is 2.11. The first-order valence-electron chi connectivity index (χ1n) is 13.9. The molecule has 3 N–H and O–H groups in total. The number of likely N-dealkylation sites (N-methyl/N-ethyl adjacent to an activating group) is 1. The molecule has 0 spiro atoms. The molecule has 2 heterocycles. The maximum atomic E-state index is 14.3. The molecule has 1 unspecified atom stereocenters. The largest absolute Gasteiger partial charge is 0.480 e. The number of halogens is 7. The third kappa shape index (κ3) is 6.14. The number of aryl methyl sites for hydroxylation is 1. The van der Waals surface area contributed by atoms with Gasteiger partial charge in [0.05, 0.1) is 22.6 Å². The zero-order chi connectivity index (χ0) is 34.6. The van der Waals surface area contributed by atoms with Gasteiger partial charge in [0, 0.05) is 12.7 Å². The van der Waals surface area contributed by atoms with Gasteiger partial charge in [-0.15, -0.1) is 0 Å². The van der Waals surface area contributed by atoms with Crippen LogP contribution >= 0.6 is 0 Å². The average Bonchev–Trinajstić information content (AvgIpc) is 3.41. The number of likely N-dealkylation sites (tertiary alicyclic amines) is 1. The second-order valence-electron chi connectivity index (χ2n) is 11.8. The lowest BCUT2D eigenvalue weighted by Gasteiger charge is -2.45. The molecule has 2 amide bonds. The smallest absolute Gasteiger partial charge is 0.416 e. The summed E-state index contributed by atoms with van der Waals surface area (Å²) in [6.07, 6.45) is -7.56. The van der Waals surface area contributed by atoms with Gasteiger partial charge in [-0.25, -0.2) is 14.0 Å². The van der Waals surface area contributed by atoms with Gasteiger partial charge in [0.15, 0.2) is 0 Å². The Balaban J connectivity index is 1.90. The highest BCUT2D eigenvalue weighted by Gasteiger charge is 2.48. The fraction of sp³-hybridized carbons (Fsp3) is 0.387. The van der Waals surface area contributed by atoms with Gasteiger partial charge in [-0.2, -0.15) is 26.3 Å². The van der Waals surface area contributed by atoms with E-state index in [1.165, 1.54) is 52.2 Å². The van der Waals surface area contributed by atoms with E-state index in [1.807, 2.05) is 0 Å². The molecule has 8 nitrogen and oxygen atoms in total. The number of alkyl halides is 6. The summed E-state index contributed by atoms with van der Waals surface area (Å²) in [5, 5.41) is 22.4. The van der Waals surface area contributed by atoms with Crippen molar-refractivity contribution in [3.63, 3.8) is 0 Å². The van der Waals surface area contributed by atoms with Crippen LogP contribution in [-0.2, 0) is 32.9 Å². The molecule has 2 aromatic carbocycles. The number of hydrogen-bond donors (Lipinski definition) is 3. The molecule has 0 saturated carbocycles. The van der Waals surface area contributed by atoms with E-state index in [0.717, 1.165) is 21.9 Å². The molecule has 248 valence electrons. The molecule has 2 aliphatic heterocycles. The minimum absolute atomic E-state index is 0.0313. The van der Waals surface area contributed by atoms with Crippen LogP contribution in [0.15, 0.2) is 60.4 Å². The van der Waals surface area contributed by atoms with Crippen LogP contribution in [0.2, 0.25) is 0 Å². The lowest BCUT2D eigenvalue weighted by atomic mass is 9.77. The van der Waals surface area contributed by atoms with E-state index in [0.29, 0.717) is 17.7 Å². The third-order valence-corrected chi connectivity index (χ3v) is 8.54. The molecule has 0 bridgehead atoms.